The van der Waals surface area contributed by atoms with Crippen molar-refractivity contribution in [3.8, 4) is 0 Å². The minimum Gasteiger partial charge on any atom is -0.354 e. The standard InChI is InChI=1S/C46H54N10O4/c57-45(59-55(43-19-17-37-11-1-3-13-39(37)49-43)27-9-25-51-29-33-53(34-30-51)41-15-5-7-23-47-41)21-22-46(58)60-56(44-20-18-38-12-2-4-14-40(38)50-44)28-10-26-52-31-35-54(36-32-52)42-16-6-8-24-48-42/h1-8,11-16,21-24H,9-10,17-20,25-36H2/b22-21+. The number of hydrogen-bond donors (Lipinski definition) is 0. The van der Waals surface area contributed by atoms with E-state index in [9.17, 15) is 9.59 Å². The van der Waals surface area contributed by atoms with Crippen LogP contribution in [0.2, 0.25) is 0 Å². The van der Waals surface area contributed by atoms with Crippen molar-refractivity contribution in [2.24, 2.45) is 9.98 Å². The lowest BCUT2D eigenvalue weighted by atomic mass is 10.0. The van der Waals surface area contributed by atoms with Crippen molar-refractivity contribution in [3.05, 3.63) is 121 Å². The van der Waals surface area contributed by atoms with E-state index in [1.54, 1.807) is 10.1 Å². The molecule has 14 nitrogen and oxygen atoms in total. The lowest BCUT2D eigenvalue weighted by Crippen LogP contribution is -2.47. The summed E-state index contributed by atoms with van der Waals surface area (Å²) in [7, 11) is 0. The number of rotatable bonds is 12. The van der Waals surface area contributed by atoms with Gasteiger partial charge in [-0.25, -0.2) is 29.5 Å². The summed E-state index contributed by atoms with van der Waals surface area (Å²) in [4.78, 5) is 66.9. The van der Waals surface area contributed by atoms with Crippen LogP contribution in [0.25, 0.3) is 0 Å². The quantitative estimate of drug-likeness (QED) is 0.130. The summed E-state index contributed by atoms with van der Waals surface area (Å²) < 4.78 is 0. The molecule has 8 rings (SSSR count). The number of fused-ring (bicyclic) bond motifs is 2. The molecule has 0 atom stereocenters. The summed E-state index contributed by atoms with van der Waals surface area (Å²) in [6.45, 7) is 9.96. The minimum absolute atomic E-state index is 0.471. The van der Waals surface area contributed by atoms with Crippen molar-refractivity contribution in [2.45, 2.75) is 38.5 Å². The molecule has 14 heteroatoms. The normalized spacial score (nSPS) is 17.0. The van der Waals surface area contributed by atoms with Gasteiger partial charge in [-0.3, -0.25) is 9.80 Å². The van der Waals surface area contributed by atoms with Crippen LogP contribution >= 0.6 is 0 Å². The highest BCUT2D eigenvalue weighted by atomic mass is 16.7. The first kappa shape index (κ1) is 40.7. The van der Waals surface area contributed by atoms with Crippen LogP contribution in [-0.2, 0) is 32.1 Å². The number of aromatic nitrogens is 2. The molecule has 4 aliphatic heterocycles. The molecule has 0 radical (unpaired) electrons. The summed E-state index contributed by atoms with van der Waals surface area (Å²) in [6, 6.07) is 28.1. The fourth-order valence-corrected chi connectivity index (χ4v) is 8.13. The van der Waals surface area contributed by atoms with Crippen molar-refractivity contribution >= 4 is 46.6 Å². The van der Waals surface area contributed by atoms with Crippen molar-refractivity contribution in [2.75, 3.05) is 88.3 Å². The average Bonchev–Trinajstić information content (AvgIpc) is 3.31. The Morgan fingerprint density at radius 3 is 1.37 bits per heavy atom. The molecule has 0 saturated carbocycles. The molecule has 0 bridgehead atoms. The molecular formula is C46H54N10O4. The van der Waals surface area contributed by atoms with Crippen LogP contribution in [0.4, 0.5) is 23.0 Å². The number of carbonyl (C=O) groups excluding carboxylic acids is 2. The van der Waals surface area contributed by atoms with Crippen molar-refractivity contribution in [3.63, 3.8) is 0 Å². The van der Waals surface area contributed by atoms with Crippen molar-refractivity contribution < 1.29 is 19.3 Å². The first-order valence-electron chi connectivity index (χ1n) is 21.3. The summed E-state index contributed by atoms with van der Waals surface area (Å²) >= 11 is 0. The van der Waals surface area contributed by atoms with Crippen LogP contribution in [0.3, 0.4) is 0 Å². The van der Waals surface area contributed by atoms with Crippen molar-refractivity contribution in [1.82, 2.24) is 29.9 Å². The fraction of sp³-hybridized carbons (Fsp3) is 0.391. The predicted octanol–water partition coefficient (Wildman–Crippen LogP) is 5.63. The largest absolute Gasteiger partial charge is 0.356 e. The second kappa shape index (κ2) is 20.2. The Bertz CT molecular complexity index is 1980. The number of para-hydroxylation sites is 2. The van der Waals surface area contributed by atoms with Crippen LogP contribution in [0, 0.1) is 0 Å². The molecule has 2 aromatic carbocycles. The van der Waals surface area contributed by atoms with Crippen LogP contribution in [0.15, 0.2) is 119 Å². The van der Waals surface area contributed by atoms with Crippen LogP contribution in [0.5, 0.6) is 0 Å². The number of hydrogen-bond acceptors (Lipinski definition) is 14. The molecule has 0 aliphatic carbocycles. The van der Waals surface area contributed by atoms with Gasteiger partial charge in [-0.2, -0.15) is 10.1 Å². The van der Waals surface area contributed by atoms with Gasteiger partial charge >= 0.3 is 11.9 Å². The Kier molecular flexibility index (Phi) is 13.7. The lowest BCUT2D eigenvalue weighted by molar-refractivity contribution is -0.169. The smallest absolute Gasteiger partial charge is 0.354 e. The van der Waals surface area contributed by atoms with Gasteiger partial charge in [0.15, 0.2) is 0 Å². The Hall–Kier alpha value is -6.12. The molecule has 2 saturated heterocycles. The van der Waals surface area contributed by atoms with Crippen LogP contribution in [-0.4, -0.2) is 132 Å². The summed E-state index contributed by atoms with van der Waals surface area (Å²) in [6.07, 6.45) is 10.4. The van der Waals surface area contributed by atoms with E-state index in [0.29, 0.717) is 37.6 Å². The fourth-order valence-electron chi connectivity index (χ4n) is 8.13. The zero-order valence-electron chi connectivity index (χ0n) is 34.2. The Labute approximate surface area is 352 Å². The number of amidine groups is 2. The third-order valence-electron chi connectivity index (χ3n) is 11.4. The lowest BCUT2D eigenvalue weighted by Gasteiger charge is -2.35. The van der Waals surface area contributed by atoms with Gasteiger partial charge in [0, 0.05) is 103 Å². The van der Waals surface area contributed by atoms with Crippen LogP contribution < -0.4 is 9.80 Å². The number of piperazine rings is 2. The molecule has 0 spiro atoms. The van der Waals surface area contributed by atoms with E-state index >= 15 is 0 Å². The van der Waals surface area contributed by atoms with Gasteiger partial charge in [0.25, 0.3) is 0 Å². The van der Waals surface area contributed by atoms with Gasteiger partial charge in [0.05, 0.1) is 24.5 Å². The van der Waals surface area contributed by atoms with Crippen molar-refractivity contribution in [1.29, 1.82) is 0 Å². The number of nitrogens with zero attached hydrogens (tertiary/aromatic N) is 10. The molecule has 4 aliphatic rings. The Morgan fingerprint density at radius 1 is 0.533 bits per heavy atom. The molecule has 2 fully saturated rings. The molecule has 4 aromatic rings. The highest BCUT2D eigenvalue weighted by Crippen LogP contribution is 2.28. The van der Waals surface area contributed by atoms with E-state index in [2.05, 4.69) is 53.8 Å². The van der Waals surface area contributed by atoms with Gasteiger partial charge in [0.2, 0.25) is 0 Å². The summed E-state index contributed by atoms with van der Waals surface area (Å²) in [5.41, 5.74) is 4.09. The molecule has 0 amide bonds. The maximum absolute atomic E-state index is 13.4. The molecular weight excluding hydrogens is 757 g/mol. The Balaban J connectivity index is 0.871. The van der Waals surface area contributed by atoms with E-state index < -0.39 is 11.9 Å². The number of pyridine rings is 2. The summed E-state index contributed by atoms with van der Waals surface area (Å²) in [5, 5.41) is 3.21. The molecule has 312 valence electrons. The molecule has 2 aromatic heterocycles. The molecule has 0 N–H and O–H groups in total. The number of anilines is 2. The average molecular weight is 811 g/mol. The zero-order valence-corrected chi connectivity index (χ0v) is 34.2. The first-order valence-corrected chi connectivity index (χ1v) is 21.3. The second-order valence-corrected chi connectivity index (χ2v) is 15.4. The number of carbonyl (C=O) groups is 2. The maximum Gasteiger partial charge on any atom is 0.356 e. The topological polar surface area (TPSA) is 123 Å². The van der Waals surface area contributed by atoms with Gasteiger partial charge in [-0.1, -0.05) is 48.5 Å². The van der Waals surface area contributed by atoms with E-state index in [1.807, 2.05) is 73.1 Å². The maximum atomic E-state index is 13.4. The zero-order chi connectivity index (χ0) is 40.9. The monoisotopic (exact) mass is 810 g/mol. The number of benzene rings is 2. The summed E-state index contributed by atoms with van der Waals surface area (Å²) in [5.74, 6) is 2.06. The van der Waals surface area contributed by atoms with Gasteiger partial charge in [0.1, 0.15) is 23.3 Å². The van der Waals surface area contributed by atoms with Gasteiger partial charge in [-0.05, 0) is 73.2 Å². The molecule has 0 unspecified atom stereocenters. The third-order valence-corrected chi connectivity index (χ3v) is 11.4. The highest BCUT2D eigenvalue weighted by Gasteiger charge is 2.25. The first-order chi connectivity index (χ1) is 29.5. The number of aryl methyl sites for hydroxylation is 2. The van der Waals surface area contributed by atoms with E-state index in [0.717, 1.165) is 126 Å². The number of hydroxylamine groups is 4. The SMILES string of the molecule is O=C(/C=C/C(=O)ON(CCCN1CCN(c2ccccn2)CC1)C1=Nc2ccccc2CC1)ON(CCCN1CCN(c2ccccn2)CC1)C1=Nc2ccccc2CC1. The molecule has 6 heterocycles. The Morgan fingerprint density at radius 2 is 0.950 bits per heavy atom. The minimum atomic E-state index is -0.669. The van der Waals surface area contributed by atoms with Gasteiger partial charge in [-0.15, -0.1) is 0 Å². The highest BCUT2D eigenvalue weighted by molar-refractivity contribution is 5.94. The third kappa shape index (κ3) is 10.9. The van der Waals surface area contributed by atoms with E-state index in [1.165, 1.54) is 11.1 Å². The predicted molar refractivity (Wildman–Crippen MR) is 233 cm³/mol. The van der Waals surface area contributed by atoms with Gasteiger partial charge < -0.3 is 19.5 Å². The van der Waals surface area contributed by atoms with E-state index in [4.69, 9.17) is 19.7 Å². The number of aliphatic imine (C=N–C) groups is 2. The van der Waals surface area contributed by atoms with Crippen LogP contribution in [0.1, 0.15) is 36.8 Å². The second-order valence-electron chi connectivity index (χ2n) is 15.4. The molecule has 60 heavy (non-hydrogen) atoms. The van der Waals surface area contributed by atoms with E-state index in [-0.39, 0.29) is 0 Å².